The van der Waals surface area contributed by atoms with E-state index in [2.05, 4.69) is 4.98 Å². The van der Waals surface area contributed by atoms with E-state index in [1.165, 1.54) is 0 Å². The van der Waals surface area contributed by atoms with Crippen LogP contribution in [0.5, 0.6) is 17.2 Å². The number of carbonyl (C=O) groups is 1. The Kier molecular flexibility index (Phi) is 6.94. The van der Waals surface area contributed by atoms with Crippen molar-refractivity contribution in [2.24, 2.45) is 0 Å². The summed E-state index contributed by atoms with van der Waals surface area (Å²) in [5.41, 5.74) is 1.05. The molecule has 1 aliphatic rings. The minimum absolute atomic E-state index is 0.0300. The lowest BCUT2D eigenvalue weighted by Gasteiger charge is -2.31. The summed E-state index contributed by atoms with van der Waals surface area (Å²) in [4.78, 5) is 19.1. The first-order chi connectivity index (χ1) is 15.7. The molecule has 32 heavy (non-hydrogen) atoms. The van der Waals surface area contributed by atoms with Crippen LogP contribution in [0.2, 0.25) is 0 Å². The van der Waals surface area contributed by atoms with E-state index in [-0.39, 0.29) is 18.4 Å². The van der Waals surface area contributed by atoms with E-state index in [0.717, 1.165) is 29.9 Å². The number of piperidine rings is 1. The van der Waals surface area contributed by atoms with Crippen molar-refractivity contribution < 1.29 is 23.4 Å². The molecule has 0 aliphatic carbocycles. The summed E-state index contributed by atoms with van der Waals surface area (Å²) in [5, 5.41) is 0. The average Bonchev–Trinajstić information content (AvgIpc) is 3.31. The van der Waals surface area contributed by atoms with Crippen molar-refractivity contribution in [2.75, 3.05) is 33.9 Å². The molecule has 168 valence electrons. The second-order valence-electron chi connectivity index (χ2n) is 7.77. The third kappa shape index (κ3) is 5.04. The highest BCUT2D eigenvalue weighted by atomic mass is 16.5. The molecule has 7 heteroatoms. The molecule has 0 saturated carbocycles. The molecular weight excluding hydrogens is 408 g/mol. The lowest BCUT2D eigenvalue weighted by atomic mass is 9.98. The molecule has 3 aromatic rings. The number of para-hydroxylation sites is 3. The van der Waals surface area contributed by atoms with Crippen LogP contribution in [0, 0.1) is 0 Å². The monoisotopic (exact) mass is 436 g/mol. The van der Waals surface area contributed by atoms with Gasteiger partial charge in [-0.2, -0.15) is 0 Å². The fourth-order valence-corrected chi connectivity index (χ4v) is 4.00. The summed E-state index contributed by atoms with van der Waals surface area (Å²) in [7, 11) is 3.24. The molecule has 1 amide bonds. The highest BCUT2D eigenvalue weighted by Gasteiger charge is 2.28. The first kappa shape index (κ1) is 21.7. The first-order valence-electron chi connectivity index (χ1n) is 10.8. The predicted octanol–water partition coefficient (Wildman–Crippen LogP) is 4.07. The Morgan fingerprint density at radius 1 is 1.06 bits per heavy atom. The van der Waals surface area contributed by atoms with E-state index in [1.807, 2.05) is 47.4 Å². The van der Waals surface area contributed by atoms with Gasteiger partial charge in [0.05, 0.1) is 26.3 Å². The van der Waals surface area contributed by atoms with Crippen molar-refractivity contribution in [3.05, 3.63) is 71.9 Å². The SMILES string of the molecule is COc1ccccc1Cc1cnc(C2CCCN(C(=O)COc3ccccc3OC)C2)o1. The van der Waals surface area contributed by atoms with Crippen LogP contribution < -0.4 is 14.2 Å². The van der Waals surface area contributed by atoms with Gasteiger partial charge in [0.15, 0.2) is 24.0 Å². The third-order valence-electron chi connectivity index (χ3n) is 5.67. The summed E-state index contributed by atoms with van der Waals surface area (Å²) in [6.07, 6.45) is 4.22. The molecular formula is C25H28N2O5. The Labute approximate surface area is 187 Å². The van der Waals surface area contributed by atoms with Crippen molar-refractivity contribution >= 4 is 5.91 Å². The van der Waals surface area contributed by atoms with Crippen LogP contribution in [0.1, 0.15) is 36.0 Å². The second-order valence-corrected chi connectivity index (χ2v) is 7.77. The molecule has 1 aromatic heterocycles. The zero-order valence-corrected chi connectivity index (χ0v) is 18.5. The zero-order valence-electron chi connectivity index (χ0n) is 18.5. The molecule has 1 saturated heterocycles. The normalized spacial score (nSPS) is 15.9. The van der Waals surface area contributed by atoms with Gasteiger partial charge in [-0.05, 0) is 31.0 Å². The Balaban J connectivity index is 1.36. The van der Waals surface area contributed by atoms with Gasteiger partial charge < -0.3 is 23.5 Å². The molecule has 1 unspecified atom stereocenters. The molecule has 0 spiro atoms. The maximum absolute atomic E-state index is 12.8. The standard InChI is InChI=1S/C25H28N2O5/c1-29-21-10-4-3-8-18(21)14-20-15-26-25(32-20)19-9-7-13-27(16-19)24(28)17-31-23-12-6-5-11-22(23)30-2/h3-6,8,10-12,15,19H,7,9,13-14,16-17H2,1-2H3. The van der Waals surface area contributed by atoms with Gasteiger partial charge in [0.2, 0.25) is 0 Å². The van der Waals surface area contributed by atoms with Crippen molar-refractivity contribution in [2.45, 2.75) is 25.2 Å². The van der Waals surface area contributed by atoms with E-state index in [9.17, 15) is 4.79 Å². The summed E-state index contributed by atoms with van der Waals surface area (Å²) in [6.45, 7) is 1.25. The second kappa shape index (κ2) is 10.2. The number of hydrogen-bond donors (Lipinski definition) is 0. The van der Waals surface area contributed by atoms with Gasteiger partial charge >= 0.3 is 0 Å². The summed E-state index contributed by atoms with van der Waals surface area (Å²) < 4.78 is 22.5. The van der Waals surface area contributed by atoms with Crippen molar-refractivity contribution in [1.29, 1.82) is 0 Å². The molecule has 2 heterocycles. The number of hydrogen-bond acceptors (Lipinski definition) is 6. The molecule has 7 nitrogen and oxygen atoms in total. The van der Waals surface area contributed by atoms with Gasteiger partial charge in [0.25, 0.3) is 5.91 Å². The Morgan fingerprint density at radius 3 is 2.56 bits per heavy atom. The molecule has 4 rings (SSSR count). The van der Waals surface area contributed by atoms with Crippen LogP contribution in [0.25, 0.3) is 0 Å². The molecule has 0 N–H and O–H groups in total. The van der Waals surface area contributed by atoms with Gasteiger partial charge in [0.1, 0.15) is 11.5 Å². The topological polar surface area (TPSA) is 74.0 Å². The number of methoxy groups -OCH3 is 2. The largest absolute Gasteiger partial charge is 0.496 e. The van der Waals surface area contributed by atoms with Crippen molar-refractivity contribution in [3.8, 4) is 17.2 Å². The number of likely N-dealkylation sites (tertiary alicyclic amines) is 1. The van der Waals surface area contributed by atoms with Crippen LogP contribution in [-0.4, -0.2) is 49.7 Å². The van der Waals surface area contributed by atoms with Gasteiger partial charge in [-0.25, -0.2) is 4.98 Å². The number of carbonyl (C=O) groups excluding carboxylic acids is 1. The first-order valence-corrected chi connectivity index (χ1v) is 10.8. The summed E-state index contributed by atoms with van der Waals surface area (Å²) >= 11 is 0. The smallest absolute Gasteiger partial charge is 0.260 e. The van der Waals surface area contributed by atoms with Crippen LogP contribution in [-0.2, 0) is 11.2 Å². The zero-order chi connectivity index (χ0) is 22.3. The van der Waals surface area contributed by atoms with E-state index < -0.39 is 0 Å². The average molecular weight is 437 g/mol. The number of nitrogens with zero attached hydrogens (tertiary/aromatic N) is 2. The van der Waals surface area contributed by atoms with E-state index in [1.54, 1.807) is 26.5 Å². The number of benzene rings is 2. The number of amides is 1. The van der Waals surface area contributed by atoms with Gasteiger partial charge in [0, 0.05) is 25.1 Å². The lowest BCUT2D eigenvalue weighted by Crippen LogP contribution is -2.41. The lowest BCUT2D eigenvalue weighted by molar-refractivity contribution is -0.134. The minimum atomic E-state index is -0.0543. The number of rotatable bonds is 8. The fraction of sp³-hybridized carbons (Fsp3) is 0.360. The third-order valence-corrected chi connectivity index (χ3v) is 5.67. The summed E-state index contributed by atoms with van der Waals surface area (Å²) in [5.74, 6) is 3.48. The fourth-order valence-electron chi connectivity index (χ4n) is 4.00. The van der Waals surface area contributed by atoms with Crippen molar-refractivity contribution in [3.63, 3.8) is 0 Å². The number of oxazole rings is 1. The Bertz CT molecular complexity index is 1050. The highest BCUT2D eigenvalue weighted by Crippen LogP contribution is 2.29. The number of aromatic nitrogens is 1. The van der Waals surface area contributed by atoms with Gasteiger partial charge in [-0.15, -0.1) is 0 Å². The maximum atomic E-state index is 12.8. The summed E-state index contributed by atoms with van der Waals surface area (Å²) in [6, 6.07) is 15.2. The molecule has 1 atom stereocenters. The van der Waals surface area contributed by atoms with Gasteiger partial charge in [-0.1, -0.05) is 30.3 Å². The highest BCUT2D eigenvalue weighted by molar-refractivity contribution is 5.78. The maximum Gasteiger partial charge on any atom is 0.260 e. The Hall–Kier alpha value is -3.48. The molecule has 0 radical (unpaired) electrons. The quantitative estimate of drug-likeness (QED) is 0.530. The van der Waals surface area contributed by atoms with E-state index in [4.69, 9.17) is 18.6 Å². The molecule has 2 aromatic carbocycles. The van der Waals surface area contributed by atoms with Crippen molar-refractivity contribution in [1.82, 2.24) is 9.88 Å². The van der Waals surface area contributed by atoms with Crippen LogP contribution >= 0.6 is 0 Å². The Morgan fingerprint density at radius 2 is 1.78 bits per heavy atom. The minimum Gasteiger partial charge on any atom is -0.496 e. The molecule has 1 fully saturated rings. The van der Waals surface area contributed by atoms with E-state index in [0.29, 0.717) is 36.9 Å². The van der Waals surface area contributed by atoms with E-state index >= 15 is 0 Å². The molecule has 0 bridgehead atoms. The predicted molar refractivity (Wildman–Crippen MR) is 119 cm³/mol. The number of ether oxygens (including phenoxy) is 3. The van der Waals surface area contributed by atoms with Crippen LogP contribution in [0.3, 0.4) is 0 Å². The van der Waals surface area contributed by atoms with Crippen LogP contribution in [0.4, 0.5) is 0 Å². The van der Waals surface area contributed by atoms with Crippen LogP contribution in [0.15, 0.2) is 59.1 Å². The molecule has 1 aliphatic heterocycles. The van der Waals surface area contributed by atoms with Gasteiger partial charge in [-0.3, -0.25) is 4.79 Å².